The number of carbonyl (C=O) groups excluding carboxylic acids is 1. The molecule has 0 saturated carbocycles. The summed E-state index contributed by atoms with van der Waals surface area (Å²) in [6.07, 6.45) is 0.518. The fourth-order valence-corrected chi connectivity index (χ4v) is 2.32. The molecule has 0 N–H and O–H groups in total. The summed E-state index contributed by atoms with van der Waals surface area (Å²) < 4.78 is 1.41. The molecular weight excluding hydrogens is 300 g/mol. The Morgan fingerprint density at radius 3 is 2.65 bits per heavy atom. The predicted octanol–water partition coefficient (Wildman–Crippen LogP) is 3.69. The van der Waals surface area contributed by atoms with Gasteiger partial charge in [0.25, 0.3) is 5.69 Å². The number of nitrogens with zero attached hydrogens (tertiary/aromatic N) is 6. The Morgan fingerprint density at radius 2 is 2.04 bits per heavy atom. The van der Waals surface area contributed by atoms with Crippen LogP contribution < -0.4 is 0 Å². The SMILES string of the molecule is [N-]=[N+]=Nc1cc([N+](=O)[O-])cc2c1c(C=O)nn2-c1ccccc1. The molecular formula is C14H8N6O3. The summed E-state index contributed by atoms with van der Waals surface area (Å²) in [4.78, 5) is 24.5. The van der Waals surface area contributed by atoms with Crippen molar-refractivity contribution in [2.24, 2.45) is 5.11 Å². The Bertz CT molecular complexity index is 973. The summed E-state index contributed by atoms with van der Waals surface area (Å²) in [7, 11) is 0. The first-order chi connectivity index (χ1) is 11.2. The molecule has 3 aromatic rings. The largest absolute Gasteiger partial charge is 0.296 e. The smallest absolute Gasteiger partial charge is 0.272 e. The van der Waals surface area contributed by atoms with E-state index < -0.39 is 4.92 Å². The fourth-order valence-electron chi connectivity index (χ4n) is 2.32. The van der Waals surface area contributed by atoms with Gasteiger partial charge in [-0.3, -0.25) is 14.9 Å². The van der Waals surface area contributed by atoms with Gasteiger partial charge in [-0.2, -0.15) is 5.10 Å². The van der Waals surface area contributed by atoms with E-state index in [1.54, 1.807) is 24.3 Å². The number of benzene rings is 2. The van der Waals surface area contributed by atoms with Gasteiger partial charge in [0.1, 0.15) is 5.69 Å². The number of para-hydroxylation sites is 1. The van der Waals surface area contributed by atoms with Crippen molar-refractivity contribution in [3.63, 3.8) is 0 Å². The van der Waals surface area contributed by atoms with Crippen LogP contribution in [0.3, 0.4) is 0 Å². The van der Waals surface area contributed by atoms with E-state index >= 15 is 0 Å². The van der Waals surface area contributed by atoms with Crippen molar-refractivity contribution in [1.29, 1.82) is 0 Å². The summed E-state index contributed by atoms with van der Waals surface area (Å²) in [5.41, 5.74) is 9.38. The van der Waals surface area contributed by atoms with Crippen LogP contribution in [0.25, 0.3) is 27.0 Å². The second kappa shape index (κ2) is 5.58. The van der Waals surface area contributed by atoms with Crippen molar-refractivity contribution in [3.05, 3.63) is 68.7 Å². The first-order valence-corrected chi connectivity index (χ1v) is 6.42. The van der Waals surface area contributed by atoms with Crippen LogP contribution >= 0.6 is 0 Å². The normalized spacial score (nSPS) is 10.3. The van der Waals surface area contributed by atoms with E-state index in [1.807, 2.05) is 6.07 Å². The molecule has 0 aliphatic rings. The average molecular weight is 308 g/mol. The van der Waals surface area contributed by atoms with Crippen LogP contribution in [-0.2, 0) is 0 Å². The summed E-state index contributed by atoms with van der Waals surface area (Å²) >= 11 is 0. The molecule has 0 amide bonds. The number of aromatic nitrogens is 2. The van der Waals surface area contributed by atoms with E-state index in [0.29, 0.717) is 17.5 Å². The highest BCUT2D eigenvalue weighted by Gasteiger charge is 2.19. The molecule has 0 aliphatic carbocycles. The van der Waals surface area contributed by atoms with Crippen molar-refractivity contribution in [2.75, 3.05) is 0 Å². The van der Waals surface area contributed by atoms with Crippen LogP contribution in [0.4, 0.5) is 11.4 Å². The Kier molecular flexibility index (Phi) is 3.46. The molecule has 0 atom stereocenters. The van der Waals surface area contributed by atoms with Gasteiger partial charge >= 0.3 is 0 Å². The zero-order chi connectivity index (χ0) is 16.4. The molecule has 0 fully saturated rings. The van der Waals surface area contributed by atoms with Crippen LogP contribution in [0, 0.1) is 10.1 Å². The fraction of sp³-hybridized carbons (Fsp3) is 0. The minimum absolute atomic E-state index is 0.0130. The molecule has 0 radical (unpaired) electrons. The van der Waals surface area contributed by atoms with E-state index in [2.05, 4.69) is 15.1 Å². The van der Waals surface area contributed by atoms with Gasteiger partial charge in [0.2, 0.25) is 0 Å². The third kappa shape index (κ3) is 2.37. The van der Waals surface area contributed by atoms with E-state index in [0.717, 1.165) is 6.07 Å². The summed E-state index contributed by atoms with van der Waals surface area (Å²) in [5, 5.41) is 19.0. The highest BCUT2D eigenvalue weighted by Crippen LogP contribution is 2.34. The Morgan fingerprint density at radius 1 is 1.30 bits per heavy atom. The molecule has 1 heterocycles. The Balaban J connectivity index is 2.45. The lowest BCUT2D eigenvalue weighted by molar-refractivity contribution is -0.384. The minimum Gasteiger partial charge on any atom is -0.296 e. The molecule has 0 unspecified atom stereocenters. The van der Waals surface area contributed by atoms with E-state index in [1.165, 1.54) is 10.7 Å². The number of azide groups is 1. The average Bonchev–Trinajstić information content (AvgIpc) is 2.95. The lowest BCUT2D eigenvalue weighted by atomic mass is 10.1. The van der Waals surface area contributed by atoms with Gasteiger partial charge < -0.3 is 0 Å². The van der Waals surface area contributed by atoms with E-state index in [4.69, 9.17) is 5.53 Å². The molecule has 0 aliphatic heterocycles. The maximum absolute atomic E-state index is 11.3. The summed E-state index contributed by atoms with van der Waals surface area (Å²) in [5.74, 6) is 0. The number of hydrogen-bond donors (Lipinski definition) is 0. The zero-order valence-electron chi connectivity index (χ0n) is 11.5. The molecule has 23 heavy (non-hydrogen) atoms. The molecule has 112 valence electrons. The molecule has 0 bridgehead atoms. The zero-order valence-corrected chi connectivity index (χ0v) is 11.5. The molecule has 9 heteroatoms. The third-order valence-electron chi connectivity index (χ3n) is 3.25. The summed E-state index contributed by atoms with van der Waals surface area (Å²) in [6, 6.07) is 11.2. The number of nitro groups is 1. The van der Waals surface area contributed by atoms with Crippen LogP contribution in [0.15, 0.2) is 47.6 Å². The van der Waals surface area contributed by atoms with Gasteiger partial charge in [-0.15, -0.1) is 0 Å². The predicted molar refractivity (Wildman–Crippen MR) is 81.9 cm³/mol. The molecule has 0 spiro atoms. The van der Waals surface area contributed by atoms with Crippen LogP contribution in [0.2, 0.25) is 0 Å². The van der Waals surface area contributed by atoms with Crippen molar-refractivity contribution in [3.8, 4) is 5.69 Å². The number of aldehydes is 1. The molecule has 0 saturated heterocycles. The Hall–Kier alpha value is -3.71. The highest BCUT2D eigenvalue weighted by molar-refractivity contribution is 6.03. The van der Waals surface area contributed by atoms with Gasteiger partial charge in [0, 0.05) is 22.4 Å². The number of nitro benzene ring substituents is 1. The first-order valence-electron chi connectivity index (χ1n) is 6.42. The van der Waals surface area contributed by atoms with Crippen LogP contribution in [-0.4, -0.2) is 21.0 Å². The second-order valence-corrected chi connectivity index (χ2v) is 4.56. The number of hydrogen-bond acceptors (Lipinski definition) is 5. The first kappa shape index (κ1) is 14.2. The number of fused-ring (bicyclic) bond motifs is 1. The quantitative estimate of drug-likeness (QED) is 0.182. The van der Waals surface area contributed by atoms with Crippen LogP contribution in [0.5, 0.6) is 0 Å². The molecule has 1 aromatic heterocycles. The van der Waals surface area contributed by atoms with Gasteiger partial charge in [0.05, 0.1) is 21.8 Å². The van der Waals surface area contributed by atoms with Gasteiger partial charge in [-0.05, 0) is 17.7 Å². The number of rotatable bonds is 4. The highest BCUT2D eigenvalue weighted by atomic mass is 16.6. The van der Waals surface area contributed by atoms with Gasteiger partial charge in [0.15, 0.2) is 6.29 Å². The van der Waals surface area contributed by atoms with Crippen molar-refractivity contribution in [1.82, 2.24) is 9.78 Å². The van der Waals surface area contributed by atoms with Crippen molar-refractivity contribution >= 4 is 28.6 Å². The summed E-state index contributed by atoms with van der Waals surface area (Å²) in [6.45, 7) is 0. The van der Waals surface area contributed by atoms with E-state index in [-0.39, 0.29) is 22.5 Å². The molecule has 9 nitrogen and oxygen atoms in total. The van der Waals surface area contributed by atoms with Crippen molar-refractivity contribution < 1.29 is 9.72 Å². The maximum atomic E-state index is 11.3. The van der Waals surface area contributed by atoms with Crippen LogP contribution in [0.1, 0.15) is 10.5 Å². The van der Waals surface area contributed by atoms with Crippen molar-refractivity contribution in [2.45, 2.75) is 0 Å². The number of carbonyl (C=O) groups is 1. The third-order valence-corrected chi connectivity index (χ3v) is 3.25. The molecule has 3 rings (SSSR count). The Labute approximate surface area is 128 Å². The number of non-ortho nitro benzene ring substituents is 1. The standard InChI is InChI=1S/C14H8N6O3/c15-18-16-11-6-10(20(22)23)7-13-14(11)12(8-21)17-19(13)9-4-2-1-3-5-9/h1-8H. The molecule has 2 aromatic carbocycles. The van der Waals surface area contributed by atoms with Gasteiger partial charge in [-0.1, -0.05) is 23.3 Å². The second-order valence-electron chi connectivity index (χ2n) is 4.56. The monoisotopic (exact) mass is 308 g/mol. The lowest BCUT2D eigenvalue weighted by Crippen LogP contribution is -1.97. The van der Waals surface area contributed by atoms with E-state index in [9.17, 15) is 14.9 Å². The lowest BCUT2D eigenvalue weighted by Gasteiger charge is -2.03. The topological polar surface area (TPSA) is 127 Å². The maximum Gasteiger partial charge on any atom is 0.272 e. The minimum atomic E-state index is -0.598. The van der Waals surface area contributed by atoms with Gasteiger partial charge in [-0.25, -0.2) is 4.68 Å².